The average molecular weight is 419 g/mol. The van der Waals surface area contributed by atoms with Gasteiger partial charge in [-0.25, -0.2) is 0 Å². The van der Waals surface area contributed by atoms with Crippen LogP contribution in [0.2, 0.25) is 0 Å². The molecule has 0 saturated carbocycles. The van der Waals surface area contributed by atoms with Crippen LogP contribution in [0.3, 0.4) is 0 Å². The molecule has 1 heterocycles. The van der Waals surface area contributed by atoms with Gasteiger partial charge in [0.25, 0.3) is 0 Å². The summed E-state index contributed by atoms with van der Waals surface area (Å²) in [6.45, 7) is 2.04. The van der Waals surface area contributed by atoms with Gasteiger partial charge in [-0.1, -0.05) is 21.1 Å². The monoisotopic (exact) mass is 417 g/mol. The normalized spacial score (nSPS) is 11.7. The highest BCUT2D eigenvalue weighted by Crippen LogP contribution is 2.24. The summed E-state index contributed by atoms with van der Waals surface area (Å²) in [6.07, 6.45) is 1.39. The number of rotatable bonds is 8. The van der Waals surface area contributed by atoms with Gasteiger partial charge >= 0.3 is 0 Å². The van der Waals surface area contributed by atoms with E-state index in [1.807, 2.05) is 20.0 Å². The number of aromatic nitrogens is 2. The van der Waals surface area contributed by atoms with Gasteiger partial charge in [-0.3, -0.25) is 4.79 Å². The van der Waals surface area contributed by atoms with Crippen LogP contribution < -0.4 is 10.1 Å². The molecule has 8 heteroatoms. The van der Waals surface area contributed by atoms with Crippen molar-refractivity contribution >= 4 is 34.1 Å². The van der Waals surface area contributed by atoms with Crippen LogP contribution in [-0.2, 0) is 12.8 Å². The Morgan fingerprint density at radius 3 is 2.88 bits per heavy atom. The first-order valence-electron chi connectivity index (χ1n) is 7.39. The molecule has 2 aromatic rings. The molecule has 0 radical (unpaired) electrons. The summed E-state index contributed by atoms with van der Waals surface area (Å²) in [5, 5.41) is 7.05. The van der Waals surface area contributed by atoms with Crippen LogP contribution in [0.1, 0.15) is 35.4 Å². The number of carbonyl (C=O) groups excluding carboxylic acids is 1. The third-order valence-electron chi connectivity index (χ3n) is 3.52. The molecule has 6 nitrogen and oxygen atoms in total. The number of ether oxygens (including phenoxy) is 1. The summed E-state index contributed by atoms with van der Waals surface area (Å²) in [5.41, 5.74) is 0.547. The van der Waals surface area contributed by atoms with Gasteiger partial charge in [0.1, 0.15) is 5.75 Å². The van der Waals surface area contributed by atoms with Crippen LogP contribution >= 0.6 is 28.3 Å². The predicted octanol–water partition coefficient (Wildman–Crippen LogP) is 3.23. The van der Waals surface area contributed by atoms with Crippen molar-refractivity contribution in [3.8, 4) is 5.75 Å². The third kappa shape index (κ3) is 5.58. The van der Waals surface area contributed by atoms with Crippen LogP contribution in [0, 0.1) is 0 Å². The van der Waals surface area contributed by atoms with Crippen molar-refractivity contribution < 1.29 is 14.1 Å². The molecular weight excluding hydrogens is 398 g/mol. The second-order valence-electron chi connectivity index (χ2n) is 5.27. The highest BCUT2D eigenvalue weighted by Gasteiger charge is 2.15. The van der Waals surface area contributed by atoms with Crippen molar-refractivity contribution in [2.45, 2.75) is 32.2 Å². The molecule has 0 spiro atoms. The maximum atomic E-state index is 12.4. The molecular formula is C16H21BrClN3O3. The third-order valence-corrected chi connectivity index (χ3v) is 4.01. The van der Waals surface area contributed by atoms with Crippen LogP contribution in [0.4, 0.5) is 0 Å². The van der Waals surface area contributed by atoms with Crippen LogP contribution in [0.25, 0.3) is 0 Å². The van der Waals surface area contributed by atoms with E-state index in [0.29, 0.717) is 35.9 Å². The number of hydrogen-bond donors (Lipinski definition) is 1. The standard InChI is InChI=1S/C16H20BrN3O3.ClH/c1-10(18-2)8-15-19-16(23-20-15)7-5-13(21)12-9-11(17)4-6-14(12)22-3;/h4,6,9-10,18H,5,7-8H2,1-3H3;1H. The number of Topliss-reactive ketones (excluding diaryl/α,β-unsaturated/α-hetero) is 1. The lowest BCUT2D eigenvalue weighted by Gasteiger charge is -2.07. The predicted molar refractivity (Wildman–Crippen MR) is 97.1 cm³/mol. The topological polar surface area (TPSA) is 77.2 Å². The average Bonchev–Trinajstić information content (AvgIpc) is 2.99. The number of carbonyl (C=O) groups is 1. The number of methoxy groups -OCH3 is 1. The summed E-state index contributed by atoms with van der Waals surface area (Å²) in [6, 6.07) is 5.63. The van der Waals surface area contributed by atoms with Crippen LogP contribution in [0.5, 0.6) is 5.75 Å². The number of hydrogen-bond acceptors (Lipinski definition) is 6. The zero-order valence-electron chi connectivity index (χ0n) is 13.8. The van der Waals surface area contributed by atoms with Crippen molar-refractivity contribution in [3.63, 3.8) is 0 Å². The molecule has 1 N–H and O–H groups in total. The minimum Gasteiger partial charge on any atom is -0.496 e. The van der Waals surface area contributed by atoms with Gasteiger partial charge in [0, 0.05) is 29.8 Å². The van der Waals surface area contributed by atoms with Gasteiger partial charge in [0.05, 0.1) is 12.7 Å². The summed E-state index contributed by atoms with van der Waals surface area (Å²) >= 11 is 3.37. The maximum absolute atomic E-state index is 12.4. The minimum absolute atomic E-state index is 0. The molecule has 0 saturated heterocycles. The molecule has 0 aliphatic rings. The maximum Gasteiger partial charge on any atom is 0.227 e. The van der Waals surface area contributed by atoms with Gasteiger partial charge in [-0.2, -0.15) is 4.98 Å². The van der Waals surface area contributed by atoms with Gasteiger partial charge in [-0.05, 0) is 32.2 Å². The fraction of sp³-hybridized carbons (Fsp3) is 0.438. The first-order chi connectivity index (χ1) is 11.0. The minimum atomic E-state index is -0.0218. The molecule has 0 bridgehead atoms. The van der Waals surface area contributed by atoms with E-state index in [2.05, 4.69) is 31.4 Å². The molecule has 1 aromatic carbocycles. The molecule has 1 atom stereocenters. The second-order valence-corrected chi connectivity index (χ2v) is 6.18. The van der Waals surface area contributed by atoms with Gasteiger partial charge in [0.15, 0.2) is 11.6 Å². The number of ketones is 1. The first kappa shape index (κ1) is 20.6. The molecule has 1 unspecified atom stereocenters. The number of aryl methyl sites for hydroxylation is 1. The number of nitrogens with zero attached hydrogens (tertiary/aromatic N) is 2. The summed E-state index contributed by atoms with van der Waals surface area (Å²) in [7, 11) is 3.43. The lowest BCUT2D eigenvalue weighted by molar-refractivity contribution is 0.0976. The van der Waals surface area contributed by atoms with Crippen molar-refractivity contribution in [2.24, 2.45) is 0 Å². The van der Waals surface area contributed by atoms with Crippen molar-refractivity contribution in [1.82, 2.24) is 15.5 Å². The number of benzene rings is 1. The summed E-state index contributed by atoms with van der Waals surface area (Å²) in [5.74, 6) is 1.67. The second kappa shape index (κ2) is 9.76. The molecule has 2 rings (SSSR count). The van der Waals surface area contributed by atoms with E-state index in [4.69, 9.17) is 9.26 Å². The number of nitrogens with one attached hydrogen (secondary N) is 1. The van der Waals surface area contributed by atoms with Crippen LogP contribution in [-0.4, -0.2) is 36.1 Å². The molecule has 0 fully saturated rings. The highest BCUT2D eigenvalue weighted by molar-refractivity contribution is 9.10. The van der Waals surface area contributed by atoms with E-state index in [9.17, 15) is 4.79 Å². The van der Waals surface area contributed by atoms with Gasteiger partial charge < -0.3 is 14.6 Å². The van der Waals surface area contributed by atoms with Crippen LogP contribution in [0.15, 0.2) is 27.2 Å². The fourth-order valence-electron chi connectivity index (χ4n) is 2.10. The first-order valence-corrected chi connectivity index (χ1v) is 8.18. The van der Waals surface area contributed by atoms with Crippen molar-refractivity contribution in [3.05, 3.63) is 40.0 Å². The van der Waals surface area contributed by atoms with E-state index < -0.39 is 0 Å². The Morgan fingerprint density at radius 2 is 2.21 bits per heavy atom. The van der Waals surface area contributed by atoms with Crippen molar-refractivity contribution in [2.75, 3.05) is 14.2 Å². The summed E-state index contributed by atoms with van der Waals surface area (Å²) < 4.78 is 11.3. The Labute approximate surface area is 155 Å². The molecule has 0 aliphatic heterocycles. The molecule has 0 amide bonds. The zero-order valence-corrected chi connectivity index (χ0v) is 16.2. The van der Waals surface area contributed by atoms with E-state index >= 15 is 0 Å². The highest BCUT2D eigenvalue weighted by atomic mass is 79.9. The SMILES string of the molecule is CNC(C)Cc1noc(CCC(=O)c2cc(Br)ccc2OC)n1.Cl. The number of likely N-dealkylation sites (N-methyl/N-ethyl adjacent to an activating group) is 1. The molecule has 24 heavy (non-hydrogen) atoms. The fourth-order valence-corrected chi connectivity index (χ4v) is 2.46. The number of halogens is 2. The Hall–Kier alpha value is -1.44. The quantitative estimate of drug-likeness (QED) is 0.663. The van der Waals surface area contributed by atoms with E-state index in [1.165, 1.54) is 0 Å². The van der Waals surface area contributed by atoms with E-state index in [1.54, 1.807) is 19.2 Å². The lowest BCUT2D eigenvalue weighted by atomic mass is 10.1. The van der Waals surface area contributed by atoms with Gasteiger partial charge in [-0.15, -0.1) is 12.4 Å². The Balaban J connectivity index is 0.00000288. The molecule has 1 aromatic heterocycles. The largest absolute Gasteiger partial charge is 0.496 e. The van der Waals surface area contributed by atoms with E-state index in [-0.39, 0.29) is 30.7 Å². The lowest BCUT2D eigenvalue weighted by Crippen LogP contribution is -2.24. The van der Waals surface area contributed by atoms with Crippen molar-refractivity contribution in [1.29, 1.82) is 0 Å². The van der Waals surface area contributed by atoms with E-state index in [0.717, 1.165) is 4.47 Å². The Morgan fingerprint density at radius 1 is 1.46 bits per heavy atom. The molecule has 132 valence electrons. The van der Waals surface area contributed by atoms with Gasteiger partial charge in [0.2, 0.25) is 5.89 Å². The smallest absolute Gasteiger partial charge is 0.227 e. The zero-order chi connectivity index (χ0) is 16.8. The Bertz CT molecular complexity index is 678. The molecule has 0 aliphatic carbocycles. The Kier molecular flexibility index (Phi) is 8.38. The summed E-state index contributed by atoms with van der Waals surface area (Å²) in [4.78, 5) is 16.7.